The van der Waals surface area contributed by atoms with Gasteiger partial charge in [-0.15, -0.1) is 11.8 Å². The summed E-state index contributed by atoms with van der Waals surface area (Å²) in [5.41, 5.74) is 0.246. The summed E-state index contributed by atoms with van der Waals surface area (Å²) in [5, 5.41) is 9.83. The van der Waals surface area contributed by atoms with Crippen LogP contribution in [-0.4, -0.2) is 58.0 Å². The number of non-ortho nitro benzene ring substituents is 1. The first-order chi connectivity index (χ1) is 19.0. The predicted molar refractivity (Wildman–Crippen MR) is 166 cm³/mol. The van der Waals surface area contributed by atoms with Crippen LogP contribution in [0.15, 0.2) is 34.2 Å². The van der Waals surface area contributed by atoms with Gasteiger partial charge in [0, 0.05) is 32.6 Å². The standard InChI is InChI=1S/C27H38N2O8S3Si/c1-9-38-24-21(14-15-37-41(7,8)27(4,5)6)23(32)28(24)22(26(39-17(2)30)40-18(3)31)25(33)36-16-19-10-12-20(13-11-19)29(34)35/h10-13,21,24H,9,14-16H2,1-8H3/t21-,24+/m0/s1. The van der Waals surface area contributed by atoms with Crippen LogP contribution in [0.25, 0.3) is 0 Å². The van der Waals surface area contributed by atoms with Crippen LogP contribution in [0, 0.1) is 16.0 Å². The van der Waals surface area contributed by atoms with Crippen molar-refractivity contribution in [3.05, 3.63) is 49.9 Å². The summed E-state index contributed by atoms with van der Waals surface area (Å²) >= 11 is 2.89. The summed E-state index contributed by atoms with van der Waals surface area (Å²) in [6.07, 6.45) is 0.472. The van der Waals surface area contributed by atoms with Crippen LogP contribution in [0.2, 0.25) is 18.1 Å². The number of β-lactam (4-membered cyclic amide) rings is 1. The van der Waals surface area contributed by atoms with Gasteiger partial charge in [-0.25, -0.2) is 4.79 Å². The van der Waals surface area contributed by atoms with Gasteiger partial charge >= 0.3 is 5.97 Å². The molecule has 41 heavy (non-hydrogen) atoms. The highest BCUT2D eigenvalue weighted by Gasteiger charge is 2.51. The molecule has 0 radical (unpaired) electrons. The Hall–Kier alpha value is -2.13. The smallest absolute Gasteiger partial charge is 0.357 e. The van der Waals surface area contributed by atoms with E-state index in [-0.39, 0.29) is 43.4 Å². The number of ether oxygens (including phenoxy) is 1. The average Bonchev–Trinajstić information content (AvgIpc) is 2.86. The minimum Gasteiger partial charge on any atom is -0.456 e. The molecule has 2 rings (SSSR count). The molecule has 0 bridgehead atoms. The Labute approximate surface area is 255 Å². The summed E-state index contributed by atoms with van der Waals surface area (Å²) in [4.78, 5) is 63.1. The molecule has 10 nitrogen and oxygen atoms in total. The molecule has 0 unspecified atom stereocenters. The van der Waals surface area contributed by atoms with E-state index < -0.39 is 30.5 Å². The second-order valence-electron chi connectivity index (χ2n) is 10.9. The van der Waals surface area contributed by atoms with Crippen LogP contribution in [-0.2, 0) is 34.9 Å². The summed E-state index contributed by atoms with van der Waals surface area (Å²) in [5.74, 6) is -0.920. The molecule has 0 aliphatic carbocycles. The fraction of sp³-hybridized carbons (Fsp3) is 0.556. The molecule has 14 heteroatoms. The molecule has 1 aliphatic rings. The van der Waals surface area contributed by atoms with Crippen LogP contribution >= 0.6 is 35.3 Å². The van der Waals surface area contributed by atoms with Gasteiger partial charge in [-0.2, -0.15) is 0 Å². The van der Waals surface area contributed by atoms with Crippen LogP contribution in [0.5, 0.6) is 0 Å². The first kappa shape index (κ1) is 35.1. The number of carbonyl (C=O) groups is 4. The van der Waals surface area contributed by atoms with Crippen molar-refractivity contribution in [3.63, 3.8) is 0 Å². The molecule has 226 valence electrons. The van der Waals surface area contributed by atoms with E-state index in [1.807, 2.05) is 6.92 Å². The molecule has 1 amide bonds. The SMILES string of the molecule is CCS[C@@H]1[C@@H](CCO[Si](C)(C)C(C)(C)C)C(=O)N1C(C(=O)OCc1ccc([N+](=O)[O-])cc1)=C(SC(C)=O)SC(C)=O. The highest BCUT2D eigenvalue weighted by atomic mass is 32.2. The summed E-state index contributed by atoms with van der Waals surface area (Å²) < 4.78 is 11.9. The third kappa shape index (κ3) is 9.43. The maximum atomic E-state index is 13.6. The molecular formula is C27H38N2O8S3Si. The predicted octanol–water partition coefficient (Wildman–Crippen LogP) is 6.32. The van der Waals surface area contributed by atoms with Gasteiger partial charge in [0.05, 0.1) is 20.5 Å². The molecule has 1 aromatic carbocycles. The Kier molecular flexibility index (Phi) is 12.7. The Morgan fingerprint density at radius 3 is 2.10 bits per heavy atom. The fourth-order valence-electron chi connectivity index (χ4n) is 3.64. The number of likely N-dealkylation sites (tertiary alicyclic amines) is 1. The number of hydrogen-bond acceptors (Lipinski definition) is 11. The van der Waals surface area contributed by atoms with Gasteiger partial charge < -0.3 is 9.16 Å². The fourth-order valence-corrected chi connectivity index (χ4v) is 7.83. The van der Waals surface area contributed by atoms with Crippen molar-refractivity contribution in [2.45, 2.75) is 78.1 Å². The lowest BCUT2D eigenvalue weighted by Crippen LogP contribution is -2.60. The topological polar surface area (TPSA) is 133 Å². The third-order valence-electron chi connectivity index (χ3n) is 6.81. The zero-order valence-electron chi connectivity index (χ0n) is 24.7. The summed E-state index contributed by atoms with van der Waals surface area (Å²) in [6, 6.07) is 5.53. The lowest BCUT2D eigenvalue weighted by molar-refractivity contribution is -0.384. The van der Waals surface area contributed by atoms with E-state index in [1.54, 1.807) is 0 Å². The number of thioether (sulfide) groups is 3. The van der Waals surface area contributed by atoms with Gasteiger partial charge in [-0.05, 0) is 71.5 Å². The number of rotatable bonds is 13. The number of amides is 1. The molecular weight excluding hydrogens is 605 g/mol. The molecule has 0 saturated carbocycles. The van der Waals surface area contributed by atoms with Gasteiger partial charge in [-0.1, -0.05) is 27.7 Å². The van der Waals surface area contributed by atoms with E-state index in [0.717, 1.165) is 0 Å². The zero-order chi connectivity index (χ0) is 31.1. The van der Waals surface area contributed by atoms with Gasteiger partial charge in [-0.3, -0.25) is 29.4 Å². The van der Waals surface area contributed by atoms with Gasteiger partial charge in [0.15, 0.2) is 24.2 Å². The first-order valence-electron chi connectivity index (χ1n) is 13.1. The molecule has 0 N–H and O–H groups in total. The molecule has 2 atom stereocenters. The van der Waals surface area contributed by atoms with Crippen LogP contribution < -0.4 is 0 Å². The van der Waals surface area contributed by atoms with E-state index in [4.69, 9.17) is 9.16 Å². The van der Waals surface area contributed by atoms with E-state index >= 15 is 0 Å². The van der Waals surface area contributed by atoms with E-state index in [2.05, 4.69) is 33.9 Å². The normalized spacial score (nSPS) is 17.1. The van der Waals surface area contributed by atoms with Crippen LogP contribution in [0.3, 0.4) is 0 Å². The van der Waals surface area contributed by atoms with Crippen molar-refractivity contribution in [1.82, 2.24) is 4.90 Å². The monoisotopic (exact) mass is 642 g/mol. The van der Waals surface area contributed by atoms with E-state index in [9.17, 15) is 29.3 Å². The number of nitro benzene ring substituents is 1. The first-order valence-corrected chi connectivity index (χ1v) is 18.7. The highest BCUT2D eigenvalue weighted by molar-refractivity contribution is 8.34. The molecule has 1 aliphatic heterocycles. The summed E-state index contributed by atoms with van der Waals surface area (Å²) in [6.45, 7) is 15.5. The highest BCUT2D eigenvalue weighted by Crippen LogP contribution is 2.45. The zero-order valence-corrected chi connectivity index (χ0v) is 28.1. The van der Waals surface area contributed by atoms with Crippen molar-refractivity contribution >= 4 is 71.4 Å². The maximum Gasteiger partial charge on any atom is 0.357 e. The molecule has 0 spiro atoms. The number of benzene rings is 1. The summed E-state index contributed by atoms with van der Waals surface area (Å²) in [7, 11) is -2.02. The number of carbonyl (C=O) groups excluding carboxylic acids is 4. The Morgan fingerprint density at radius 1 is 1.07 bits per heavy atom. The van der Waals surface area contributed by atoms with Crippen molar-refractivity contribution in [2.24, 2.45) is 5.92 Å². The molecule has 1 aromatic rings. The van der Waals surface area contributed by atoms with Crippen molar-refractivity contribution < 1.29 is 33.3 Å². The lowest BCUT2D eigenvalue weighted by Gasteiger charge is -2.47. The number of esters is 1. The van der Waals surface area contributed by atoms with E-state index in [0.29, 0.717) is 47.9 Å². The van der Waals surface area contributed by atoms with Crippen molar-refractivity contribution in [3.8, 4) is 0 Å². The molecule has 1 heterocycles. The molecule has 1 saturated heterocycles. The van der Waals surface area contributed by atoms with E-state index in [1.165, 1.54) is 54.8 Å². The minimum atomic E-state index is -2.02. The Morgan fingerprint density at radius 2 is 1.63 bits per heavy atom. The van der Waals surface area contributed by atoms with Crippen molar-refractivity contribution in [1.29, 1.82) is 0 Å². The van der Waals surface area contributed by atoms with Gasteiger partial charge in [0.1, 0.15) is 6.61 Å². The Bertz CT molecular complexity index is 1180. The molecule has 1 fully saturated rings. The average molecular weight is 643 g/mol. The maximum absolute atomic E-state index is 13.6. The quantitative estimate of drug-likeness (QED) is 0.0598. The van der Waals surface area contributed by atoms with Crippen LogP contribution in [0.4, 0.5) is 5.69 Å². The molecule has 0 aromatic heterocycles. The lowest BCUT2D eigenvalue weighted by atomic mass is 9.94. The number of hydrogen-bond donors (Lipinski definition) is 0. The second-order valence-corrected chi connectivity index (χ2v) is 19.7. The Balaban J connectivity index is 2.37. The van der Waals surface area contributed by atoms with Crippen molar-refractivity contribution in [2.75, 3.05) is 12.4 Å². The van der Waals surface area contributed by atoms with Gasteiger partial charge in [0.2, 0.25) is 5.91 Å². The second kappa shape index (κ2) is 14.9. The van der Waals surface area contributed by atoms with Crippen LogP contribution in [0.1, 0.15) is 53.5 Å². The largest absolute Gasteiger partial charge is 0.456 e. The number of nitrogens with zero attached hydrogens (tertiary/aromatic N) is 2. The minimum absolute atomic E-state index is 0.0201. The number of nitro groups is 1. The van der Waals surface area contributed by atoms with Gasteiger partial charge in [0.25, 0.3) is 5.69 Å². The third-order valence-corrected chi connectivity index (χ3v) is 14.4.